The van der Waals surface area contributed by atoms with Gasteiger partial charge in [0, 0.05) is 20.7 Å². The Bertz CT molecular complexity index is 270. The first kappa shape index (κ1) is 15.7. The molecule has 0 aliphatic heterocycles. The molecule has 0 aromatic carbocycles. The van der Waals surface area contributed by atoms with Crippen LogP contribution in [0.3, 0.4) is 0 Å². The molecule has 0 spiro atoms. The lowest BCUT2D eigenvalue weighted by molar-refractivity contribution is -0.144. The summed E-state index contributed by atoms with van der Waals surface area (Å²) in [5, 5.41) is 11.6. The Hall–Kier alpha value is -1.30. The zero-order chi connectivity index (χ0) is 13.5. The van der Waals surface area contributed by atoms with Gasteiger partial charge >= 0.3 is 12.0 Å². The van der Waals surface area contributed by atoms with Crippen molar-refractivity contribution in [1.29, 1.82) is 0 Å². The van der Waals surface area contributed by atoms with Crippen molar-refractivity contribution < 1.29 is 19.4 Å². The third-order valence-corrected chi connectivity index (χ3v) is 2.58. The highest BCUT2D eigenvalue weighted by Crippen LogP contribution is 2.12. The van der Waals surface area contributed by atoms with Crippen LogP contribution in [-0.4, -0.2) is 54.9 Å². The van der Waals surface area contributed by atoms with Gasteiger partial charge in [-0.3, -0.25) is 0 Å². The molecule has 100 valence electrons. The molecule has 0 bridgehead atoms. The number of carbonyl (C=O) groups excluding carboxylic acids is 1. The lowest BCUT2D eigenvalue weighted by Crippen LogP contribution is -2.55. The van der Waals surface area contributed by atoms with Crippen molar-refractivity contribution in [3.63, 3.8) is 0 Å². The van der Waals surface area contributed by atoms with Gasteiger partial charge in [0.1, 0.15) is 5.54 Å². The fraction of sp³-hybridized carbons (Fsp3) is 0.818. The van der Waals surface area contributed by atoms with E-state index in [4.69, 9.17) is 9.84 Å². The van der Waals surface area contributed by atoms with E-state index in [0.717, 1.165) is 0 Å². The van der Waals surface area contributed by atoms with Crippen molar-refractivity contribution >= 4 is 12.0 Å². The third kappa shape index (κ3) is 5.04. The van der Waals surface area contributed by atoms with Gasteiger partial charge in [-0.1, -0.05) is 13.3 Å². The summed E-state index contributed by atoms with van der Waals surface area (Å²) in [4.78, 5) is 24.3. The Labute approximate surface area is 102 Å². The van der Waals surface area contributed by atoms with E-state index in [1.54, 1.807) is 14.2 Å². The molecule has 1 atom stereocenters. The molecule has 0 radical (unpaired) electrons. The average molecular weight is 246 g/mol. The second kappa shape index (κ2) is 7.11. The maximum absolute atomic E-state index is 11.7. The molecule has 0 fully saturated rings. The minimum atomic E-state index is -1.22. The van der Waals surface area contributed by atoms with Crippen molar-refractivity contribution in [3.8, 4) is 0 Å². The molecule has 0 aromatic rings. The summed E-state index contributed by atoms with van der Waals surface area (Å²) in [6.45, 7) is 4.23. The van der Waals surface area contributed by atoms with E-state index in [0.29, 0.717) is 26.0 Å². The minimum Gasteiger partial charge on any atom is -0.480 e. The Morgan fingerprint density at radius 2 is 2.06 bits per heavy atom. The van der Waals surface area contributed by atoms with Crippen LogP contribution < -0.4 is 5.32 Å². The van der Waals surface area contributed by atoms with Crippen molar-refractivity contribution in [2.75, 3.05) is 27.3 Å². The standard InChI is InChI=1S/C11H22N2O4/c1-5-6-11(2,9(14)15)12-10(16)13(3)7-8-17-4/h5-8H2,1-4H3,(H,12,16)(H,14,15). The topological polar surface area (TPSA) is 78.9 Å². The Morgan fingerprint density at radius 1 is 1.47 bits per heavy atom. The maximum Gasteiger partial charge on any atom is 0.329 e. The number of carboxylic acids is 1. The van der Waals surface area contributed by atoms with Crippen molar-refractivity contribution in [2.45, 2.75) is 32.2 Å². The van der Waals surface area contributed by atoms with E-state index in [9.17, 15) is 9.59 Å². The van der Waals surface area contributed by atoms with Crippen molar-refractivity contribution in [1.82, 2.24) is 10.2 Å². The molecule has 6 heteroatoms. The zero-order valence-electron chi connectivity index (χ0n) is 10.9. The van der Waals surface area contributed by atoms with Crippen LogP contribution in [0.5, 0.6) is 0 Å². The van der Waals surface area contributed by atoms with Gasteiger partial charge in [-0.05, 0) is 13.3 Å². The summed E-state index contributed by atoms with van der Waals surface area (Å²) in [5.41, 5.74) is -1.22. The Kier molecular flexibility index (Phi) is 6.57. The number of hydrogen-bond donors (Lipinski definition) is 2. The van der Waals surface area contributed by atoms with Crippen molar-refractivity contribution in [3.05, 3.63) is 0 Å². The normalized spacial score (nSPS) is 13.9. The number of likely N-dealkylation sites (N-methyl/N-ethyl adjacent to an activating group) is 1. The molecule has 6 nitrogen and oxygen atoms in total. The van der Waals surface area contributed by atoms with Crippen LogP contribution in [0.4, 0.5) is 4.79 Å². The van der Waals surface area contributed by atoms with Gasteiger partial charge in [0.05, 0.1) is 6.61 Å². The summed E-state index contributed by atoms with van der Waals surface area (Å²) in [6.07, 6.45) is 1.08. The summed E-state index contributed by atoms with van der Waals surface area (Å²) in [7, 11) is 3.15. The number of ether oxygens (including phenoxy) is 1. The lowest BCUT2D eigenvalue weighted by atomic mass is 9.96. The number of carbonyl (C=O) groups is 2. The molecule has 0 aliphatic rings. The van der Waals surface area contributed by atoms with Crippen LogP contribution >= 0.6 is 0 Å². The second-order valence-electron chi connectivity index (χ2n) is 4.23. The van der Waals surface area contributed by atoms with Gasteiger partial charge in [0.25, 0.3) is 0 Å². The number of rotatable bonds is 7. The third-order valence-electron chi connectivity index (χ3n) is 2.58. The van der Waals surface area contributed by atoms with Crippen LogP contribution in [-0.2, 0) is 9.53 Å². The maximum atomic E-state index is 11.7. The van der Waals surface area contributed by atoms with E-state index in [1.807, 2.05) is 6.92 Å². The summed E-state index contributed by atoms with van der Waals surface area (Å²) >= 11 is 0. The molecule has 17 heavy (non-hydrogen) atoms. The van der Waals surface area contributed by atoms with E-state index in [-0.39, 0.29) is 0 Å². The number of urea groups is 1. The fourth-order valence-corrected chi connectivity index (χ4v) is 1.38. The minimum absolute atomic E-state index is 0.395. The molecule has 0 saturated heterocycles. The van der Waals surface area contributed by atoms with Crippen LogP contribution in [0.2, 0.25) is 0 Å². The first-order valence-corrected chi connectivity index (χ1v) is 5.63. The highest BCUT2D eigenvalue weighted by Gasteiger charge is 2.34. The van der Waals surface area contributed by atoms with Crippen LogP contribution in [0, 0.1) is 0 Å². The van der Waals surface area contributed by atoms with Crippen molar-refractivity contribution in [2.24, 2.45) is 0 Å². The second-order valence-corrected chi connectivity index (χ2v) is 4.23. The lowest BCUT2D eigenvalue weighted by Gasteiger charge is -2.28. The molecule has 2 N–H and O–H groups in total. The number of nitrogens with zero attached hydrogens (tertiary/aromatic N) is 1. The van der Waals surface area contributed by atoms with Crippen LogP contribution in [0.15, 0.2) is 0 Å². The van der Waals surface area contributed by atoms with E-state index < -0.39 is 17.5 Å². The fourth-order valence-electron chi connectivity index (χ4n) is 1.38. The van der Waals surface area contributed by atoms with Gasteiger partial charge < -0.3 is 20.1 Å². The predicted molar refractivity (Wildman–Crippen MR) is 64.0 cm³/mol. The number of aliphatic carboxylic acids is 1. The van der Waals surface area contributed by atoms with Crippen LogP contribution in [0.1, 0.15) is 26.7 Å². The van der Waals surface area contributed by atoms with E-state index in [2.05, 4.69) is 5.32 Å². The quantitative estimate of drug-likeness (QED) is 0.700. The zero-order valence-corrected chi connectivity index (χ0v) is 10.9. The number of hydrogen-bond acceptors (Lipinski definition) is 3. The molecule has 0 aliphatic carbocycles. The monoisotopic (exact) mass is 246 g/mol. The van der Waals surface area contributed by atoms with E-state index in [1.165, 1.54) is 11.8 Å². The molecule has 0 heterocycles. The van der Waals surface area contributed by atoms with Gasteiger partial charge in [-0.15, -0.1) is 0 Å². The summed E-state index contributed by atoms with van der Waals surface area (Å²) in [5.74, 6) is -1.02. The highest BCUT2D eigenvalue weighted by molar-refractivity contribution is 5.85. The molecular formula is C11H22N2O4. The first-order valence-electron chi connectivity index (χ1n) is 5.63. The van der Waals surface area contributed by atoms with Gasteiger partial charge in [0.15, 0.2) is 0 Å². The average Bonchev–Trinajstić information content (AvgIpc) is 2.25. The number of amides is 2. The molecule has 2 amide bonds. The molecule has 0 saturated carbocycles. The van der Waals surface area contributed by atoms with Gasteiger partial charge in [0.2, 0.25) is 0 Å². The largest absolute Gasteiger partial charge is 0.480 e. The molecule has 1 unspecified atom stereocenters. The number of nitrogens with one attached hydrogen (secondary N) is 1. The molecular weight excluding hydrogens is 224 g/mol. The van der Waals surface area contributed by atoms with Gasteiger partial charge in [-0.25, -0.2) is 9.59 Å². The summed E-state index contributed by atoms with van der Waals surface area (Å²) in [6, 6.07) is -0.402. The number of methoxy groups -OCH3 is 1. The Morgan fingerprint density at radius 3 is 2.47 bits per heavy atom. The smallest absolute Gasteiger partial charge is 0.329 e. The number of carboxylic acid groups (broad SMARTS) is 1. The predicted octanol–water partition coefficient (Wildman–Crippen LogP) is 0.918. The van der Waals surface area contributed by atoms with Crippen LogP contribution in [0.25, 0.3) is 0 Å². The Balaban J connectivity index is 4.45. The van der Waals surface area contributed by atoms with Gasteiger partial charge in [-0.2, -0.15) is 0 Å². The molecule has 0 rings (SSSR count). The molecule has 0 aromatic heterocycles. The highest BCUT2D eigenvalue weighted by atomic mass is 16.5. The SMILES string of the molecule is CCCC(C)(NC(=O)N(C)CCOC)C(=O)O. The van der Waals surface area contributed by atoms with E-state index >= 15 is 0 Å². The summed E-state index contributed by atoms with van der Waals surface area (Å²) < 4.78 is 4.85. The first-order chi connectivity index (χ1) is 7.87.